The van der Waals surface area contributed by atoms with E-state index < -0.39 is 10.0 Å². The molecule has 0 aliphatic carbocycles. The number of fused-ring (bicyclic) bond motifs is 1. The van der Waals surface area contributed by atoms with Crippen LogP contribution in [-0.2, 0) is 21.2 Å². The molecule has 2 aromatic rings. The maximum absolute atomic E-state index is 13.4. The summed E-state index contributed by atoms with van der Waals surface area (Å²) >= 11 is 3.50. The molecule has 2 aliphatic rings. The number of halogens is 1. The Labute approximate surface area is 192 Å². The molecule has 1 atom stereocenters. The normalized spacial score (nSPS) is 20.0. The van der Waals surface area contributed by atoms with Crippen LogP contribution in [0.5, 0.6) is 5.75 Å². The van der Waals surface area contributed by atoms with Crippen molar-refractivity contribution in [3.63, 3.8) is 0 Å². The summed E-state index contributed by atoms with van der Waals surface area (Å²) in [5, 5.41) is 0. The van der Waals surface area contributed by atoms with E-state index in [2.05, 4.69) is 28.9 Å². The molecule has 0 spiro atoms. The van der Waals surface area contributed by atoms with Gasteiger partial charge in [-0.2, -0.15) is 4.31 Å². The van der Waals surface area contributed by atoms with Gasteiger partial charge in [0.2, 0.25) is 15.9 Å². The van der Waals surface area contributed by atoms with Gasteiger partial charge in [0, 0.05) is 35.2 Å². The van der Waals surface area contributed by atoms with Crippen molar-refractivity contribution < 1.29 is 17.9 Å². The number of carbonyl (C=O) groups is 1. The summed E-state index contributed by atoms with van der Waals surface area (Å²) in [4.78, 5) is 15.4. The molecule has 1 amide bonds. The minimum Gasteiger partial charge on any atom is -0.495 e. The average molecular weight is 507 g/mol. The van der Waals surface area contributed by atoms with Gasteiger partial charge in [0.05, 0.1) is 7.11 Å². The molecule has 1 saturated heterocycles. The molecule has 2 aliphatic heterocycles. The number of carbonyl (C=O) groups excluding carboxylic acids is 1. The molecule has 0 N–H and O–H groups in total. The smallest absolute Gasteiger partial charge is 0.246 e. The average Bonchev–Trinajstić information content (AvgIpc) is 3.07. The number of benzene rings is 2. The van der Waals surface area contributed by atoms with Gasteiger partial charge in [-0.15, -0.1) is 0 Å². The van der Waals surface area contributed by atoms with E-state index in [4.69, 9.17) is 4.74 Å². The lowest BCUT2D eigenvalue weighted by Gasteiger charge is -2.34. The second kappa shape index (κ2) is 8.56. The Hall–Kier alpha value is -1.90. The van der Waals surface area contributed by atoms with Crippen molar-refractivity contribution in [3.8, 4) is 5.75 Å². The van der Waals surface area contributed by atoms with Gasteiger partial charge < -0.3 is 9.64 Å². The Kier molecular flexibility index (Phi) is 6.16. The fourth-order valence-corrected chi connectivity index (χ4v) is 6.72. The van der Waals surface area contributed by atoms with Crippen LogP contribution in [0.2, 0.25) is 0 Å². The van der Waals surface area contributed by atoms with Crippen molar-refractivity contribution in [1.29, 1.82) is 0 Å². The summed E-state index contributed by atoms with van der Waals surface area (Å²) in [5.41, 5.74) is 3.00. The van der Waals surface area contributed by atoms with Crippen molar-refractivity contribution in [2.75, 3.05) is 25.1 Å². The minimum atomic E-state index is -3.68. The third kappa shape index (κ3) is 4.13. The van der Waals surface area contributed by atoms with E-state index in [1.165, 1.54) is 17.0 Å². The van der Waals surface area contributed by atoms with Gasteiger partial charge in [0.25, 0.3) is 0 Å². The number of anilines is 1. The Bertz CT molecular complexity index is 1110. The third-order valence-corrected chi connectivity index (χ3v) is 8.65. The molecule has 31 heavy (non-hydrogen) atoms. The van der Waals surface area contributed by atoms with Crippen LogP contribution in [0.3, 0.4) is 0 Å². The van der Waals surface area contributed by atoms with Crippen molar-refractivity contribution >= 4 is 37.5 Å². The van der Waals surface area contributed by atoms with Crippen LogP contribution in [0.15, 0.2) is 45.8 Å². The van der Waals surface area contributed by atoms with Gasteiger partial charge in [0.15, 0.2) is 0 Å². The molecular formula is C23H27BrN2O4S. The van der Waals surface area contributed by atoms with Crippen LogP contribution in [0.1, 0.15) is 30.9 Å². The number of ether oxygens (including phenoxy) is 1. The fraction of sp³-hybridized carbons (Fsp3) is 0.435. The molecule has 0 bridgehead atoms. The fourth-order valence-electron chi connectivity index (χ4n) is 4.60. The van der Waals surface area contributed by atoms with Crippen LogP contribution in [0.4, 0.5) is 5.69 Å². The number of hydrogen-bond donors (Lipinski definition) is 0. The zero-order chi connectivity index (χ0) is 22.3. The van der Waals surface area contributed by atoms with Gasteiger partial charge >= 0.3 is 0 Å². The van der Waals surface area contributed by atoms with E-state index in [-0.39, 0.29) is 22.8 Å². The van der Waals surface area contributed by atoms with Gasteiger partial charge in [-0.05, 0) is 74.6 Å². The monoisotopic (exact) mass is 506 g/mol. The highest BCUT2D eigenvalue weighted by atomic mass is 79.9. The van der Waals surface area contributed by atoms with E-state index in [0.717, 1.165) is 22.1 Å². The predicted octanol–water partition coefficient (Wildman–Crippen LogP) is 4.14. The first-order valence-electron chi connectivity index (χ1n) is 10.5. The summed E-state index contributed by atoms with van der Waals surface area (Å²) in [5.74, 6) is 0.263. The Morgan fingerprint density at radius 2 is 1.84 bits per heavy atom. The predicted molar refractivity (Wildman–Crippen MR) is 124 cm³/mol. The molecule has 0 saturated carbocycles. The van der Waals surface area contributed by atoms with E-state index in [9.17, 15) is 13.2 Å². The second-order valence-electron chi connectivity index (χ2n) is 8.37. The van der Waals surface area contributed by atoms with Crippen LogP contribution in [0, 0.1) is 12.8 Å². The van der Waals surface area contributed by atoms with E-state index in [1.807, 2.05) is 30.0 Å². The lowest BCUT2D eigenvalue weighted by atomic mass is 9.96. The van der Waals surface area contributed by atoms with Crippen molar-refractivity contribution in [2.45, 2.75) is 44.0 Å². The number of sulfonamides is 1. The molecule has 2 heterocycles. The Morgan fingerprint density at radius 3 is 2.52 bits per heavy atom. The molecule has 8 heteroatoms. The van der Waals surface area contributed by atoms with Crippen LogP contribution in [0.25, 0.3) is 0 Å². The molecule has 0 aromatic heterocycles. The zero-order valence-electron chi connectivity index (χ0n) is 18.0. The third-order valence-electron chi connectivity index (χ3n) is 6.23. The quantitative estimate of drug-likeness (QED) is 0.624. The maximum atomic E-state index is 13.4. The highest BCUT2D eigenvalue weighted by Gasteiger charge is 2.38. The van der Waals surface area contributed by atoms with Crippen LogP contribution in [-0.4, -0.2) is 44.9 Å². The number of aryl methyl sites for hydroxylation is 1. The number of hydrogen-bond acceptors (Lipinski definition) is 4. The number of rotatable bonds is 4. The van der Waals surface area contributed by atoms with E-state index in [1.54, 1.807) is 12.1 Å². The molecule has 2 aromatic carbocycles. The number of piperidine rings is 1. The summed E-state index contributed by atoms with van der Waals surface area (Å²) in [6.07, 6.45) is 1.86. The van der Waals surface area contributed by atoms with Crippen molar-refractivity contribution in [2.24, 2.45) is 5.92 Å². The van der Waals surface area contributed by atoms with E-state index in [0.29, 0.717) is 31.7 Å². The molecular weight excluding hydrogens is 480 g/mol. The highest BCUT2D eigenvalue weighted by Crippen LogP contribution is 2.37. The van der Waals surface area contributed by atoms with Gasteiger partial charge in [-0.3, -0.25) is 4.79 Å². The van der Waals surface area contributed by atoms with Gasteiger partial charge in [0.1, 0.15) is 10.6 Å². The summed E-state index contributed by atoms with van der Waals surface area (Å²) in [6.45, 7) is 4.57. The zero-order valence-corrected chi connectivity index (χ0v) is 20.4. The van der Waals surface area contributed by atoms with Crippen LogP contribution < -0.4 is 9.64 Å². The first-order chi connectivity index (χ1) is 14.7. The Morgan fingerprint density at radius 1 is 1.13 bits per heavy atom. The first kappa shape index (κ1) is 22.3. The largest absolute Gasteiger partial charge is 0.495 e. The van der Waals surface area contributed by atoms with Gasteiger partial charge in [-0.1, -0.05) is 22.0 Å². The second-order valence-corrected chi connectivity index (χ2v) is 11.2. The first-order valence-corrected chi connectivity index (χ1v) is 12.7. The minimum absolute atomic E-state index is 0.0961. The maximum Gasteiger partial charge on any atom is 0.246 e. The molecule has 0 unspecified atom stereocenters. The number of methoxy groups -OCH3 is 1. The standard InChI is InChI=1S/C23H27BrN2O4S/c1-15-4-7-21(30-3)22(12-15)31(28,29)25-10-8-17(9-11-25)23(27)26-16(2)13-18-14-19(24)5-6-20(18)26/h4-7,12,14,16-17H,8-11,13H2,1-3H3/t16-/m1/s1. The van der Waals surface area contributed by atoms with Gasteiger partial charge in [-0.25, -0.2) is 8.42 Å². The number of amides is 1. The summed E-state index contributed by atoms with van der Waals surface area (Å²) in [7, 11) is -2.21. The topological polar surface area (TPSA) is 66.9 Å². The molecule has 0 radical (unpaired) electrons. The lowest BCUT2D eigenvalue weighted by Crippen LogP contribution is -2.46. The molecule has 166 valence electrons. The van der Waals surface area contributed by atoms with E-state index >= 15 is 0 Å². The van der Waals surface area contributed by atoms with Crippen LogP contribution >= 0.6 is 15.9 Å². The number of nitrogens with zero attached hydrogens (tertiary/aromatic N) is 2. The highest BCUT2D eigenvalue weighted by molar-refractivity contribution is 9.10. The molecule has 1 fully saturated rings. The lowest BCUT2D eigenvalue weighted by molar-refractivity contribution is -0.123. The molecule has 4 rings (SSSR count). The molecule has 6 nitrogen and oxygen atoms in total. The SMILES string of the molecule is COc1ccc(C)cc1S(=O)(=O)N1CCC(C(=O)N2c3ccc(Br)cc3C[C@H]2C)CC1. The van der Waals surface area contributed by atoms with Crippen molar-refractivity contribution in [3.05, 3.63) is 52.0 Å². The summed E-state index contributed by atoms with van der Waals surface area (Å²) < 4.78 is 34.3. The summed E-state index contributed by atoms with van der Waals surface area (Å²) in [6, 6.07) is 11.3. The van der Waals surface area contributed by atoms with Crippen molar-refractivity contribution in [1.82, 2.24) is 4.31 Å². The Balaban J connectivity index is 1.49.